The Kier molecular flexibility index (Phi) is 3.28. The van der Waals surface area contributed by atoms with E-state index in [1.807, 2.05) is 0 Å². The van der Waals surface area contributed by atoms with E-state index in [0.29, 0.717) is 5.75 Å². The van der Waals surface area contributed by atoms with Crippen molar-refractivity contribution < 1.29 is 14.5 Å². The third-order valence-electron chi connectivity index (χ3n) is 2.10. The van der Waals surface area contributed by atoms with Gasteiger partial charge in [0.05, 0.1) is 13.3 Å². The van der Waals surface area contributed by atoms with E-state index in [4.69, 9.17) is 10.5 Å². The van der Waals surface area contributed by atoms with E-state index < -0.39 is 0 Å². The molecule has 2 aromatic rings. The number of phenolic OH excluding ortho intramolecular Hbond substituents is 1. The highest BCUT2D eigenvalue weighted by atomic mass is 16.6. The number of nitrogens with one attached hydrogen (secondary N) is 1. The molecule has 4 N–H and O–H groups in total. The summed E-state index contributed by atoms with van der Waals surface area (Å²) in [6.07, 6.45) is 1.51. The average molecular weight is 249 g/mol. The van der Waals surface area contributed by atoms with Crippen LogP contribution in [0.25, 0.3) is 0 Å². The second-order valence-electron chi connectivity index (χ2n) is 3.30. The lowest BCUT2D eigenvalue weighted by Gasteiger charge is -2.03. The second kappa shape index (κ2) is 5.04. The van der Waals surface area contributed by atoms with Crippen LogP contribution >= 0.6 is 0 Å². The molecule has 0 saturated carbocycles. The van der Waals surface area contributed by atoms with Gasteiger partial charge in [-0.3, -0.25) is 5.43 Å². The maximum Gasteiger partial charge on any atom is 0.235 e. The van der Waals surface area contributed by atoms with Crippen molar-refractivity contribution in [3.05, 3.63) is 23.8 Å². The van der Waals surface area contributed by atoms with Crippen LogP contribution in [0.4, 0.5) is 11.6 Å². The van der Waals surface area contributed by atoms with Crippen LogP contribution in [0.1, 0.15) is 5.56 Å². The number of nitrogens with two attached hydrogens (primary N) is 1. The van der Waals surface area contributed by atoms with Gasteiger partial charge >= 0.3 is 0 Å². The minimum absolute atomic E-state index is 0.0626. The number of hydrogen-bond donors (Lipinski definition) is 3. The molecule has 8 heteroatoms. The fourth-order valence-corrected chi connectivity index (χ4v) is 1.22. The Bertz CT molecular complexity index is 566. The summed E-state index contributed by atoms with van der Waals surface area (Å²) < 4.78 is 9.35. The highest BCUT2D eigenvalue weighted by Crippen LogP contribution is 2.25. The molecular formula is C10H11N5O3. The zero-order chi connectivity index (χ0) is 13.0. The van der Waals surface area contributed by atoms with Crippen LogP contribution < -0.4 is 15.9 Å². The Morgan fingerprint density at radius 1 is 1.50 bits per heavy atom. The Balaban J connectivity index is 2.07. The molecule has 8 nitrogen and oxygen atoms in total. The van der Waals surface area contributed by atoms with Gasteiger partial charge < -0.3 is 15.6 Å². The van der Waals surface area contributed by atoms with Crippen molar-refractivity contribution in [2.75, 3.05) is 18.3 Å². The summed E-state index contributed by atoms with van der Waals surface area (Å²) in [5.74, 6) is 0.779. The molecule has 0 bridgehead atoms. The van der Waals surface area contributed by atoms with Crippen LogP contribution in [-0.2, 0) is 0 Å². The summed E-state index contributed by atoms with van der Waals surface area (Å²) in [6, 6.07) is 4.81. The molecule has 0 aliphatic carbocycles. The number of benzene rings is 1. The standard InChI is InChI=1S/C10H11N5O3/c1-17-8-4-6(2-3-7(8)16)5-12-13-10-9(11)14-18-15-10/h2-5,16H,1H3,(H2,11,14)(H,13,15). The topological polar surface area (TPSA) is 119 Å². The third-order valence-corrected chi connectivity index (χ3v) is 2.10. The summed E-state index contributed by atoms with van der Waals surface area (Å²) in [7, 11) is 1.47. The lowest BCUT2D eigenvalue weighted by molar-refractivity contribution is 0.310. The average Bonchev–Trinajstić information content (AvgIpc) is 2.77. The fraction of sp³-hybridized carbons (Fsp3) is 0.100. The number of aromatic hydroxyl groups is 1. The van der Waals surface area contributed by atoms with Gasteiger partial charge in [0, 0.05) is 0 Å². The van der Waals surface area contributed by atoms with Crippen molar-refractivity contribution in [2.45, 2.75) is 0 Å². The van der Waals surface area contributed by atoms with Crippen LogP contribution in [0.5, 0.6) is 11.5 Å². The predicted molar refractivity (Wildman–Crippen MR) is 64.6 cm³/mol. The van der Waals surface area contributed by atoms with Crippen LogP contribution in [0, 0.1) is 0 Å². The molecule has 0 atom stereocenters. The summed E-state index contributed by atoms with van der Waals surface area (Å²) in [4.78, 5) is 0. The number of nitrogen functional groups attached to an aromatic ring is 1. The molecule has 0 unspecified atom stereocenters. The molecule has 0 amide bonds. The molecule has 0 fully saturated rings. The second-order valence-corrected chi connectivity index (χ2v) is 3.30. The highest BCUT2D eigenvalue weighted by molar-refractivity contribution is 5.81. The maximum atomic E-state index is 9.41. The Labute approximate surface area is 102 Å². The van der Waals surface area contributed by atoms with Gasteiger partial charge in [0.1, 0.15) is 0 Å². The number of ether oxygens (including phenoxy) is 1. The number of methoxy groups -OCH3 is 1. The normalized spacial score (nSPS) is 10.7. The molecule has 0 saturated heterocycles. The van der Waals surface area contributed by atoms with Crippen LogP contribution in [0.15, 0.2) is 27.9 Å². The molecule has 0 aliphatic rings. The zero-order valence-electron chi connectivity index (χ0n) is 9.49. The van der Waals surface area contributed by atoms with E-state index in [1.54, 1.807) is 12.1 Å². The van der Waals surface area contributed by atoms with E-state index in [0.717, 1.165) is 5.56 Å². The maximum absolute atomic E-state index is 9.41. The van der Waals surface area contributed by atoms with Crippen LogP contribution in [0.2, 0.25) is 0 Å². The van der Waals surface area contributed by atoms with Crippen LogP contribution in [0.3, 0.4) is 0 Å². The minimum atomic E-state index is 0.0626. The molecule has 1 aromatic heterocycles. The first-order valence-corrected chi connectivity index (χ1v) is 4.95. The van der Waals surface area contributed by atoms with Crippen molar-refractivity contribution in [3.8, 4) is 11.5 Å². The summed E-state index contributed by atoms with van der Waals surface area (Å²) in [6.45, 7) is 0. The van der Waals surface area contributed by atoms with Crippen molar-refractivity contribution in [1.82, 2.24) is 10.3 Å². The first-order chi connectivity index (χ1) is 8.70. The number of nitrogens with zero attached hydrogens (tertiary/aromatic N) is 3. The smallest absolute Gasteiger partial charge is 0.235 e. The zero-order valence-corrected chi connectivity index (χ0v) is 9.49. The lowest BCUT2D eigenvalue weighted by Crippen LogP contribution is -1.95. The summed E-state index contributed by atoms with van der Waals surface area (Å²) >= 11 is 0. The molecule has 1 heterocycles. The van der Waals surface area contributed by atoms with Gasteiger partial charge in [0.15, 0.2) is 11.5 Å². The molecule has 0 radical (unpaired) electrons. The number of anilines is 2. The first kappa shape index (κ1) is 11.7. The van der Waals surface area contributed by atoms with Gasteiger partial charge in [0.25, 0.3) is 0 Å². The van der Waals surface area contributed by atoms with Gasteiger partial charge in [-0.1, -0.05) is 0 Å². The fourth-order valence-electron chi connectivity index (χ4n) is 1.22. The van der Waals surface area contributed by atoms with Crippen molar-refractivity contribution >= 4 is 17.9 Å². The Hall–Kier alpha value is -2.77. The van der Waals surface area contributed by atoms with Crippen molar-refractivity contribution in [2.24, 2.45) is 5.10 Å². The number of rotatable bonds is 4. The Morgan fingerprint density at radius 3 is 3.00 bits per heavy atom. The molecule has 0 spiro atoms. The summed E-state index contributed by atoms with van der Waals surface area (Å²) in [5, 5.41) is 20.2. The Morgan fingerprint density at radius 2 is 2.33 bits per heavy atom. The summed E-state index contributed by atoms with van der Waals surface area (Å²) in [5.41, 5.74) is 8.72. The first-order valence-electron chi connectivity index (χ1n) is 4.95. The van der Waals surface area contributed by atoms with E-state index >= 15 is 0 Å². The molecule has 1 aromatic carbocycles. The number of hydrogen-bond acceptors (Lipinski definition) is 8. The van der Waals surface area contributed by atoms with Gasteiger partial charge in [-0.2, -0.15) is 5.10 Å². The largest absolute Gasteiger partial charge is 0.504 e. The van der Waals surface area contributed by atoms with E-state index in [1.165, 1.54) is 19.4 Å². The van der Waals surface area contributed by atoms with Gasteiger partial charge in [-0.15, -0.1) is 0 Å². The third kappa shape index (κ3) is 2.48. The molecule has 0 aliphatic heterocycles. The predicted octanol–water partition coefficient (Wildman–Crippen LogP) is 0.812. The monoisotopic (exact) mass is 249 g/mol. The van der Waals surface area contributed by atoms with E-state index in [9.17, 15) is 5.11 Å². The van der Waals surface area contributed by atoms with Crippen molar-refractivity contribution in [3.63, 3.8) is 0 Å². The quantitative estimate of drug-likeness (QED) is 0.541. The van der Waals surface area contributed by atoms with Crippen molar-refractivity contribution in [1.29, 1.82) is 0 Å². The minimum Gasteiger partial charge on any atom is -0.504 e. The molecular weight excluding hydrogens is 238 g/mol. The number of aromatic nitrogens is 2. The molecule has 2 rings (SSSR count). The highest BCUT2D eigenvalue weighted by Gasteiger charge is 2.03. The molecule has 18 heavy (non-hydrogen) atoms. The molecule has 94 valence electrons. The number of phenols is 1. The van der Waals surface area contributed by atoms with E-state index in [2.05, 4.69) is 25.5 Å². The van der Waals surface area contributed by atoms with Crippen LogP contribution in [-0.4, -0.2) is 28.7 Å². The van der Waals surface area contributed by atoms with Gasteiger partial charge in [0.2, 0.25) is 11.6 Å². The SMILES string of the molecule is COc1cc(C=NNc2nonc2N)ccc1O. The lowest BCUT2D eigenvalue weighted by atomic mass is 10.2. The van der Waals surface area contributed by atoms with Gasteiger partial charge in [-0.25, -0.2) is 4.63 Å². The number of hydrazone groups is 1. The van der Waals surface area contributed by atoms with E-state index in [-0.39, 0.29) is 17.4 Å². The van der Waals surface area contributed by atoms with Gasteiger partial charge in [-0.05, 0) is 34.1 Å².